The molecule has 0 bridgehead atoms. The highest BCUT2D eigenvalue weighted by Gasteiger charge is 2.80. The van der Waals surface area contributed by atoms with E-state index >= 15 is 8.78 Å². The first-order valence-corrected chi connectivity index (χ1v) is 29.6. The van der Waals surface area contributed by atoms with Crippen LogP contribution in [0.5, 0.6) is 0 Å². The summed E-state index contributed by atoms with van der Waals surface area (Å²) in [7, 11) is 0. The van der Waals surface area contributed by atoms with Gasteiger partial charge in [0.15, 0.2) is 0 Å². The van der Waals surface area contributed by atoms with Crippen molar-refractivity contribution in [3.8, 4) is 0 Å². The summed E-state index contributed by atoms with van der Waals surface area (Å²) >= 11 is 0. The Morgan fingerprint density at radius 1 is 0.423 bits per heavy atom. The lowest BCUT2D eigenvalue weighted by atomic mass is 9.77. The molecule has 5 atom stereocenters. The summed E-state index contributed by atoms with van der Waals surface area (Å²) in [5.41, 5.74) is -2.32. The second-order valence-electron chi connectivity index (χ2n) is 21.4. The molecule has 0 aliphatic heterocycles. The molecule has 3 saturated carbocycles. The molecule has 0 saturated heterocycles. The number of hydrogen-bond donors (Lipinski definition) is 0. The van der Waals surface area contributed by atoms with Crippen LogP contribution in [0.25, 0.3) is 0 Å². The van der Waals surface area contributed by atoms with Gasteiger partial charge in [0.1, 0.15) is 0 Å². The molecule has 3 fully saturated rings. The van der Waals surface area contributed by atoms with E-state index in [-0.39, 0.29) is 45.2 Å². The van der Waals surface area contributed by atoms with Gasteiger partial charge in [-0.3, -0.25) is 0 Å². The number of halogens is 5. The van der Waals surface area contributed by atoms with E-state index in [2.05, 4.69) is 39.5 Å². The van der Waals surface area contributed by atoms with Gasteiger partial charge in [-0.2, -0.15) is 26.8 Å². The second kappa shape index (κ2) is 34.9. The average Bonchev–Trinajstić information content (AvgIpc) is 3.63. The molecule has 0 N–H and O–H groups in total. The smallest absolute Gasteiger partial charge is 0.358 e. The fourth-order valence-corrected chi connectivity index (χ4v) is 10.8. The standard InChI is InChI=1S/C57H105F5O9/c1-8-14-17-20-27-37-46-65-57(71-70-56(61,62)55(58,59)60,69-51-42-29-22-21-23-30-43-51)52(12-5,67-49-38-31-24-25-32-39-49)54(64-45-36-26-18-15-9-2,68-50-40-33-28-34-41-50)53(13-6,66-47-48(7)11-4)63-44-35-19-16-10-3/h48-51H,8-47H2,1-7H3. The van der Waals surface area contributed by atoms with Gasteiger partial charge in [-0.15, -0.1) is 4.89 Å². The summed E-state index contributed by atoms with van der Waals surface area (Å²) < 4.78 is 128. The van der Waals surface area contributed by atoms with Gasteiger partial charge in [0, 0.05) is 6.42 Å². The maximum Gasteiger partial charge on any atom is 0.485 e. The number of alkyl halides is 5. The topological polar surface area (TPSA) is 83.1 Å². The van der Waals surface area contributed by atoms with E-state index in [1.54, 1.807) is 0 Å². The minimum Gasteiger partial charge on any atom is -0.358 e. The van der Waals surface area contributed by atoms with Crippen LogP contribution >= 0.6 is 0 Å². The van der Waals surface area contributed by atoms with Gasteiger partial charge in [-0.05, 0) is 70.1 Å². The van der Waals surface area contributed by atoms with Crippen molar-refractivity contribution in [2.45, 2.75) is 333 Å². The maximum absolute atomic E-state index is 15.8. The van der Waals surface area contributed by atoms with Crippen LogP contribution < -0.4 is 0 Å². The van der Waals surface area contributed by atoms with Crippen molar-refractivity contribution in [2.75, 3.05) is 26.4 Å². The van der Waals surface area contributed by atoms with Crippen molar-refractivity contribution in [3.63, 3.8) is 0 Å². The highest BCUT2D eigenvalue weighted by molar-refractivity contribution is 5.12. The number of unbranched alkanes of at least 4 members (excludes halogenated alkanes) is 12. The van der Waals surface area contributed by atoms with E-state index in [0.717, 1.165) is 161 Å². The van der Waals surface area contributed by atoms with Crippen molar-refractivity contribution in [3.05, 3.63) is 0 Å². The largest absolute Gasteiger partial charge is 0.485 e. The highest BCUT2D eigenvalue weighted by atomic mass is 19.4. The third-order valence-electron chi connectivity index (χ3n) is 15.5. The maximum atomic E-state index is 15.8. The normalized spacial score (nSPS) is 21.6. The SMILES string of the molecule is CCCCCCCCOC(OOC(F)(F)C(F)(F)F)(OC1CCCCCCC1)C(CC)(OC1CCCCCC1)C(OCCCCCCC)(OC1CCCCC1)C(CC)(OCCCCCC)OCC(C)CC. The van der Waals surface area contributed by atoms with Crippen LogP contribution in [0.1, 0.15) is 280 Å². The fourth-order valence-electron chi connectivity index (χ4n) is 10.8. The Hall–Kier alpha value is -0.710. The molecular formula is C57H105F5O9. The number of rotatable bonds is 39. The van der Waals surface area contributed by atoms with Gasteiger partial charge >= 0.3 is 18.3 Å². The zero-order valence-electron chi connectivity index (χ0n) is 46.2. The Bertz CT molecular complexity index is 1310. The summed E-state index contributed by atoms with van der Waals surface area (Å²) in [4.78, 5) is 10.7. The Morgan fingerprint density at radius 3 is 1.30 bits per heavy atom. The fraction of sp³-hybridized carbons (Fsp3) is 1.00. The van der Waals surface area contributed by atoms with Crippen molar-refractivity contribution in [1.29, 1.82) is 0 Å². The van der Waals surface area contributed by atoms with Crippen molar-refractivity contribution in [2.24, 2.45) is 5.92 Å². The molecule has 3 aliphatic rings. The molecule has 14 heteroatoms. The first kappa shape index (κ1) is 64.6. The van der Waals surface area contributed by atoms with E-state index < -0.39 is 53.7 Å². The second-order valence-corrected chi connectivity index (χ2v) is 21.4. The van der Waals surface area contributed by atoms with E-state index in [4.69, 9.17) is 38.0 Å². The molecule has 0 aromatic rings. The summed E-state index contributed by atoms with van der Waals surface area (Å²) in [5.74, 6) is -7.03. The molecule has 3 aliphatic carbocycles. The Labute approximate surface area is 429 Å². The van der Waals surface area contributed by atoms with Crippen molar-refractivity contribution < 1.29 is 64.9 Å². The molecule has 9 nitrogen and oxygen atoms in total. The number of hydrogen-bond acceptors (Lipinski definition) is 9. The Balaban J connectivity index is 2.66. The lowest BCUT2D eigenvalue weighted by molar-refractivity contribution is -0.635. The molecule has 422 valence electrons. The zero-order valence-corrected chi connectivity index (χ0v) is 46.2. The highest BCUT2D eigenvalue weighted by Crippen LogP contribution is 2.57. The van der Waals surface area contributed by atoms with Crippen LogP contribution in [-0.2, 0) is 42.9 Å². The zero-order chi connectivity index (χ0) is 52.0. The van der Waals surface area contributed by atoms with Crippen LogP contribution in [0.4, 0.5) is 22.0 Å². The number of ether oxygens (including phenoxy) is 7. The summed E-state index contributed by atoms with van der Waals surface area (Å²) in [6.45, 7) is 14.8. The van der Waals surface area contributed by atoms with Crippen LogP contribution in [0.2, 0.25) is 0 Å². The predicted molar refractivity (Wildman–Crippen MR) is 272 cm³/mol. The quantitative estimate of drug-likeness (QED) is 0.0149. The van der Waals surface area contributed by atoms with Crippen LogP contribution in [0, 0.1) is 5.92 Å². The molecule has 0 radical (unpaired) electrons. The predicted octanol–water partition coefficient (Wildman–Crippen LogP) is 17.9. The summed E-state index contributed by atoms with van der Waals surface area (Å²) in [6.07, 6.45) is 14.3. The van der Waals surface area contributed by atoms with Gasteiger partial charge in [0.2, 0.25) is 11.4 Å². The minimum atomic E-state index is -6.14. The van der Waals surface area contributed by atoms with E-state index in [1.165, 1.54) is 0 Å². The summed E-state index contributed by atoms with van der Waals surface area (Å²) in [6, 6.07) is 0. The van der Waals surface area contributed by atoms with Gasteiger partial charge in [0.05, 0.1) is 44.7 Å². The van der Waals surface area contributed by atoms with Crippen molar-refractivity contribution in [1.82, 2.24) is 0 Å². The third-order valence-corrected chi connectivity index (χ3v) is 15.5. The Kier molecular flexibility index (Phi) is 31.7. The minimum absolute atomic E-state index is 0.0368. The molecule has 3 rings (SSSR count). The van der Waals surface area contributed by atoms with Gasteiger partial charge < -0.3 is 33.2 Å². The van der Waals surface area contributed by atoms with Gasteiger partial charge in [0.25, 0.3) is 5.79 Å². The van der Waals surface area contributed by atoms with Crippen LogP contribution in [0.3, 0.4) is 0 Å². The molecule has 71 heavy (non-hydrogen) atoms. The molecule has 0 amide bonds. The van der Waals surface area contributed by atoms with E-state index in [9.17, 15) is 13.2 Å². The van der Waals surface area contributed by atoms with Gasteiger partial charge in [-0.25, -0.2) is 0 Å². The van der Waals surface area contributed by atoms with Crippen LogP contribution in [-0.4, -0.2) is 80.2 Å². The molecule has 5 unspecified atom stereocenters. The first-order chi connectivity index (χ1) is 34.2. The molecular weight excluding hydrogens is 924 g/mol. The summed E-state index contributed by atoms with van der Waals surface area (Å²) in [5, 5.41) is 0. The molecule has 0 spiro atoms. The third kappa shape index (κ3) is 20.0. The van der Waals surface area contributed by atoms with Crippen LogP contribution in [0.15, 0.2) is 0 Å². The van der Waals surface area contributed by atoms with Crippen molar-refractivity contribution >= 4 is 0 Å². The van der Waals surface area contributed by atoms with Gasteiger partial charge in [-0.1, -0.05) is 209 Å². The van der Waals surface area contributed by atoms with E-state index in [0.29, 0.717) is 57.8 Å². The monoisotopic (exact) mass is 1030 g/mol. The van der Waals surface area contributed by atoms with E-state index in [1.807, 2.05) is 13.8 Å². The Morgan fingerprint density at radius 2 is 0.831 bits per heavy atom. The lowest BCUT2D eigenvalue weighted by Crippen LogP contribution is -2.82. The average molecular weight is 1030 g/mol. The lowest BCUT2D eigenvalue weighted by Gasteiger charge is -2.62. The first-order valence-electron chi connectivity index (χ1n) is 29.6. The molecule has 0 heterocycles. The molecule has 0 aromatic heterocycles. The molecule has 0 aromatic carbocycles.